The number of halogens is 2. The maximum atomic E-state index is 6.03. The summed E-state index contributed by atoms with van der Waals surface area (Å²) in [5, 5.41) is 1.66. The molecule has 0 amide bonds. The molecule has 0 bridgehead atoms. The maximum Gasteiger partial charge on any atom is 0.112 e. The number of benzene rings is 1. The predicted octanol–water partition coefficient (Wildman–Crippen LogP) is 5.17. The monoisotopic (exact) mass is 314 g/mol. The highest BCUT2D eigenvalue weighted by Gasteiger charge is 2.31. The molecular weight excluding hydrogens is 299 g/mol. The van der Waals surface area contributed by atoms with Crippen LogP contribution in [0, 0.1) is 0 Å². The van der Waals surface area contributed by atoms with Crippen LogP contribution in [0.15, 0.2) is 35.5 Å². The number of hydrogen-bond donors (Lipinski definition) is 1. The molecule has 2 rings (SSSR count). The summed E-state index contributed by atoms with van der Waals surface area (Å²) < 4.78 is 0. The molecule has 1 aromatic heterocycles. The minimum Gasteiger partial charge on any atom is -0.348 e. The molecule has 1 N–H and O–H groups in total. The lowest BCUT2D eigenvalue weighted by molar-refractivity contribution is 0.490. The van der Waals surface area contributed by atoms with Crippen molar-refractivity contribution in [1.29, 1.82) is 0 Å². The Kier molecular flexibility index (Phi) is 4.49. The van der Waals surface area contributed by atoms with Gasteiger partial charge in [-0.05, 0) is 18.2 Å². The van der Waals surface area contributed by atoms with Crippen LogP contribution in [0.3, 0.4) is 0 Å². The number of rotatable bonds is 4. The van der Waals surface area contributed by atoms with Crippen LogP contribution in [0.1, 0.15) is 26.6 Å². The van der Waals surface area contributed by atoms with Crippen molar-refractivity contribution in [3.8, 4) is 0 Å². The van der Waals surface area contributed by atoms with E-state index in [4.69, 9.17) is 23.2 Å². The second-order valence-electron chi connectivity index (χ2n) is 5.02. The Morgan fingerprint density at radius 3 is 2.37 bits per heavy atom. The summed E-state index contributed by atoms with van der Waals surface area (Å²) in [5.41, 5.74) is -0.0665. The molecule has 0 fully saturated rings. The molecule has 1 unspecified atom stereocenters. The Hall–Kier alpha value is -0.640. The molecule has 2 nitrogen and oxygen atoms in total. The summed E-state index contributed by atoms with van der Waals surface area (Å²) in [5.74, 6) is 0.987. The van der Waals surface area contributed by atoms with E-state index < -0.39 is 0 Å². The van der Waals surface area contributed by atoms with Crippen molar-refractivity contribution in [2.24, 2.45) is 0 Å². The fourth-order valence-electron chi connectivity index (χ4n) is 1.76. The topological polar surface area (TPSA) is 28.7 Å². The van der Waals surface area contributed by atoms with E-state index in [2.05, 4.69) is 30.7 Å². The van der Waals surface area contributed by atoms with Gasteiger partial charge in [0.05, 0.1) is 0 Å². The minimum absolute atomic E-state index is 0.0665. The third-order valence-electron chi connectivity index (χ3n) is 3.27. The van der Waals surface area contributed by atoms with Crippen LogP contribution in [0.4, 0.5) is 0 Å². The maximum absolute atomic E-state index is 6.03. The number of hydrogen-bond acceptors (Lipinski definition) is 2. The lowest BCUT2D eigenvalue weighted by Crippen LogP contribution is -2.30. The standard InChI is InChI=1S/C14H16Cl2N2S/c1-9(14(2,3)13-17-4-5-18-13)19-12-7-10(15)6-11(16)8-12/h4-9H,1-3H3,(H,17,18). The van der Waals surface area contributed by atoms with Crippen LogP contribution in [0.25, 0.3) is 0 Å². The first-order chi connectivity index (χ1) is 8.89. The summed E-state index contributed by atoms with van der Waals surface area (Å²) in [6, 6.07) is 5.62. The molecule has 0 radical (unpaired) electrons. The minimum atomic E-state index is -0.0665. The number of imidazole rings is 1. The summed E-state index contributed by atoms with van der Waals surface area (Å²) in [4.78, 5) is 8.63. The van der Waals surface area contributed by atoms with Gasteiger partial charge in [0.25, 0.3) is 0 Å². The van der Waals surface area contributed by atoms with Gasteiger partial charge in [0.15, 0.2) is 0 Å². The lowest BCUT2D eigenvalue weighted by atomic mass is 9.89. The van der Waals surface area contributed by atoms with Gasteiger partial charge in [-0.2, -0.15) is 0 Å². The average molecular weight is 315 g/mol. The van der Waals surface area contributed by atoms with Gasteiger partial charge in [-0.1, -0.05) is 44.0 Å². The zero-order valence-electron chi connectivity index (χ0n) is 11.1. The van der Waals surface area contributed by atoms with Crippen molar-refractivity contribution in [2.75, 3.05) is 0 Å². The Balaban J connectivity index is 2.18. The smallest absolute Gasteiger partial charge is 0.112 e. The molecule has 0 aliphatic heterocycles. The highest BCUT2D eigenvalue weighted by Crippen LogP contribution is 2.38. The van der Waals surface area contributed by atoms with E-state index in [0.29, 0.717) is 15.3 Å². The average Bonchev–Trinajstić information content (AvgIpc) is 2.80. The molecule has 1 atom stereocenters. The van der Waals surface area contributed by atoms with E-state index in [0.717, 1.165) is 10.7 Å². The van der Waals surface area contributed by atoms with E-state index in [1.807, 2.05) is 18.3 Å². The van der Waals surface area contributed by atoms with Crippen molar-refractivity contribution < 1.29 is 0 Å². The molecule has 5 heteroatoms. The van der Waals surface area contributed by atoms with E-state index in [9.17, 15) is 0 Å². The van der Waals surface area contributed by atoms with Crippen LogP contribution in [0.5, 0.6) is 0 Å². The zero-order valence-corrected chi connectivity index (χ0v) is 13.4. The van der Waals surface area contributed by atoms with Gasteiger partial charge in [-0.3, -0.25) is 0 Å². The van der Waals surface area contributed by atoms with Crippen LogP contribution < -0.4 is 0 Å². The Morgan fingerprint density at radius 2 is 1.84 bits per heavy atom. The van der Waals surface area contributed by atoms with Gasteiger partial charge in [0.2, 0.25) is 0 Å². The van der Waals surface area contributed by atoms with Crippen molar-refractivity contribution in [3.63, 3.8) is 0 Å². The molecule has 1 aromatic carbocycles. The van der Waals surface area contributed by atoms with Gasteiger partial charge >= 0.3 is 0 Å². The van der Waals surface area contributed by atoms with Crippen molar-refractivity contribution in [3.05, 3.63) is 46.5 Å². The molecule has 0 saturated heterocycles. The molecule has 102 valence electrons. The van der Waals surface area contributed by atoms with Crippen LogP contribution in [0.2, 0.25) is 10.0 Å². The quantitative estimate of drug-likeness (QED) is 0.788. The van der Waals surface area contributed by atoms with Gasteiger partial charge in [-0.25, -0.2) is 4.98 Å². The Labute approximate surface area is 127 Å². The second kappa shape index (κ2) is 5.78. The summed E-state index contributed by atoms with van der Waals surface area (Å²) in [6.45, 7) is 6.54. The van der Waals surface area contributed by atoms with E-state index in [1.165, 1.54) is 0 Å². The van der Waals surface area contributed by atoms with Gasteiger partial charge < -0.3 is 4.98 Å². The number of H-pyrrole nitrogens is 1. The SMILES string of the molecule is CC(Sc1cc(Cl)cc(Cl)c1)C(C)(C)c1ncc[nH]1. The molecule has 1 heterocycles. The highest BCUT2D eigenvalue weighted by molar-refractivity contribution is 8.00. The van der Waals surface area contributed by atoms with E-state index >= 15 is 0 Å². The number of nitrogens with zero attached hydrogens (tertiary/aromatic N) is 1. The lowest BCUT2D eigenvalue weighted by Gasteiger charge is -2.29. The van der Waals surface area contributed by atoms with Crippen molar-refractivity contribution >= 4 is 35.0 Å². The predicted molar refractivity (Wildman–Crippen MR) is 83.4 cm³/mol. The summed E-state index contributed by atoms with van der Waals surface area (Å²) in [7, 11) is 0. The van der Waals surface area contributed by atoms with Crippen LogP contribution in [-0.4, -0.2) is 15.2 Å². The van der Waals surface area contributed by atoms with Crippen molar-refractivity contribution in [2.45, 2.75) is 36.3 Å². The Morgan fingerprint density at radius 1 is 1.21 bits per heavy atom. The molecule has 0 saturated carbocycles. The number of aromatic nitrogens is 2. The summed E-state index contributed by atoms with van der Waals surface area (Å²) in [6.07, 6.45) is 3.63. The molecule has 2 aromatic rings. The fraction of sp³-hybridized carbons (Fsp3) is 0.357. The zero-order chi connectivity index (χ0) is 14.0. The van der Waals surface area contributed by atoms with Crippen molar-refractivity contribution in [1.82, 2.24) is 9.97 Å². The fourth-order valence-corrected chi connectivity index (χ4v) is 3.62. The first-order valence-electron chi connectivity index (χ1n) is 6.02. The number of aromatic amines is 1. The number of thioether (sulfide) groups is 1. The third kappa shape index (κ3) is 3.47. The normalized spacial score (nSPS) is 13.5. The molecule has 0 aliphatic rings. The van der Waals surface area contributed by atoms with Gasteiger partial charge in [0, 0.05) is 38.0 Å². The first kappa shape index (κ1) is 14.8. The van der Waals surface area contributed by atoms with E-state index in [1.54, 1.807) is 24.0 Å². The van der Waals surface area contributed by atoms with Crippen LogP contribution >= 0.6 is 35.0 Å². The molecule has 19 heavy (non-hydrogen) atoms. The molecule has 0 spiro atoms. The highest BCUT2D eigenvalue weighted by atomic mass is 35.5. The summed E-state index contributed by atoms with van der Waals surface area (Å²) >= 11 is 13.8. The van der Waals surface area contributed by atoms with E-state index in [-0.39, 0.29) is 5.41 Å². The largest absolute Gasteiger partial charge is 0.348 e. The van der Waals surface area contributed by atoms with Gasteiger partial charge in [0.1, 0.15) is 5.82 Å². The second-order valence-corrected chi connectivity index (χ2v) is 7.31. The molecular formula is C14H16Cl2N2S. The third-order valence-corrected chi connectivity index (χ3v) is 5.16. The first-order valence-corrected chi connectivity index (χ1v) is 7.66. The Bertz CT molecular complexity index is 532. The van der Waals surface area contributed by atoms with Crippen LogP contribution in [-0.2, 0) is 5.41 Å². The van der Waals surface area contributed by atoms with Gasteiger partial charge in [-0.15, -0.1) is 11.8 Å². The molecule has 0 aliphatic carbocycles. The number of nitrogens with one attached hydrogen (secondary N) is 1.